The Kier molecular flexibility index (Phi) is 3.65. The van der Waals surface area contributed by atoms with Gasteiger partial charge in [-0.05, 0) is 30.5 Å². The molecule has 0 unspecified atom stereocenters. The molecule has 20 heavy (non-hydrogen) atoms. The Morgan fingerprint density at radius 1 is 1.30 bits per heavy atom. The van der Waals surface area contributed by atoms with Crippen molar-refractivity contribution in [3.8, 4) is 0 Å². The molecule has 4 heteroatoms. The second-order valence-electron chi connectivity index (χ2n) is 5.33. The fourth-order valence-electron chi connectivity index (χ4n) is 2.58. The Morgan fingerprint density at radius 3 is 2.85 bits per heavy atom. The van der Waals surface area contributed by atoms with Crippen molar-refractivity contribution in [1.82, 2.24) is 9.88 Å². The van der Waals surface area contributed by atoms with E-state index in [1.807, 2.05) is 30.5 Å². The van der Waals surface area contributed by atoms with E-state index in [0.29, 0.717) is 12.6 Å². The van der Waals surface area contributed by atoms with E-state index in [1.54, 1.807) is 0 Å². The van der Waals surface area contributed by atoms with Crippen LogP contribution in [0.4, 0.5) is 0 Å². The smallest absolute Gasteiger partial charge is 0.304 e. The molecule has 0 atom stereocenters. The average molecular weight is 270 g/mol. The van der Waals surface area contributed by atoms with Gasteiger partial charge in [0.25, 0.3) is 0 Å². The normalized spacial score (nSPS) is 14.8. The third-order valence-corrected chi connectivity index (χ3v) is 3.79. The van der Waals surface area contributed by atoms with Crippen molar-refractivity contribution < 1.29 is 9.90 Å². The first-order valence-corrected chi connectivity index (χ1v) is 7.02. The maximum atomic E-state index is 10.8. The monoisotopic (exact) mass is 270 g/mol. The van der Waals surface area contributed by atoms with Crippen LogP contribution in [-0.2, 0) is 11.3 Å². The first-order chi connectivity index (χ1) is 9.74. The SMILES string of the molecule is O=C(O)CCN(Cc1ccnc2ccccc12)C1CC1. The second kappa shape index (κ2) is 5.59. The largest absolute Gasteiger partial charge is 0.481 e. The zero-order valence-electron chi connectivity index (χ0n) is 11.3. The average Bonchev–Trinajstić information content (AvgIpc) is 3.28. The number of para-hydroxylation sites is 1. The highest BCUT2D eigenvalue weighted by molar-refractivity contribution is 5.81. The van der Waals surface area contributed by atoms with Gasteiger partial charge >= 0.3 is 5.97 Å². The van der Waals surface area contributed by atoms with Crippen LogP contribution < -0.4 is 0 Å². The molecule has 3 rings (SSSR count). The molecule has 0 bridgehead atoms. The van der Waals surface area contributed by atoms with Gasteiger partial charge in [0.2, 0.25) is 0 Å². The predicted octanol–water partition coefficient (Wildman–Crippen LogP) is 2.67. The van der Waals surface area contributed by atoms with Gasteiger partial charge in [-0.25, -0.2) is 0 Å². The van der Waals surface area contributed by atoms with Crippen LogP contribution >= 0.6 is 0 Å². The Bertz CT molecular complexity index is 617. The third-order valence-electron chi connectivity index (χ3n) is 3.79. The molecule has 0 aliphatic heterocycles. The standard InChI is InChI=1S/C16H18N2O2/c19-16(20)8-10-18(13-5-6-13)11-12-7-9-17-15-4-2-1-3-14(12)15/h1-4,7,9,13H,5-6,8,10-11H2,(H,19,20). The van der Waals surface area contributed by atoms with E-state index in [1.165, 1.54) is 18.4 Å². The van der Waals surface area contributed by atoms with Crippen LogP contribution in [0.25, 0.3) is 10.9 Å². The number of hydrogen-bond donors (Lipinski definition) is 1. The van der Waals surface area contributed by atoms with Crippen LogP contribution in [0.3, 0.4) is 0 Å². The Hall–Kier alpha value is -1.94. The predicted molar refractivity (Wildman–Crippen MR) is 77.4 cm³/mol. The van der Waals surface area contributed by atoms with Crippen LogP contribution in [0.5, 0.6) is 0 Å². The summed E-state index contributed by atoms with van der Waals surface area (Å²) in [6.07, 6.45) is 4.41. The van der Waals surface area contributed by atoms with Gasteiger partial charge in [0, 0.05) is 30.7 Å². The van der Waals surface area contributed by atoms with E-state index in [-0.39, 0.29) is 6.42 Å². The topological polar surface area (TPSA) is 53.4 Å². The van der Waals surface area contributed by atoms with Crippen LogP contribution in [0.2, 0.25) is 0 Å². The van der Waals surface area contributed by atoms with Crippen molar-refractivity contribution >= 4 is 16.9 Å². The number of fused-ring (bicyclic) bond motifs is 1. The quantitative estimate of drug-likeness (QED) is 0.876. The molecule has 0 spiro atoms. The maximum absolute atomic E-state index is 10.8. The lowest BCUT2D eigenvalue weighted by atomic mass is 10.1. The number of aliphatic carboxylic acids is 1. The minimum absolute atomic E-state index is 0.208. The number of rotatable bonds is 6. The van der Waals surface area contributed by atoms with Gasteiger partial charge in [0.15, 0.2) is 0 Å². The highest BCUT2D eigenvalue weighted by atomic mass is 16.4. The second-order valence-corrected chi connectivity index (χ2v) is 5.33. The zero-order valence-corrected chi connectivity index (χ0v) is 11.3. The van der Waals surface area contributed by atoms with Crippen LogP contribution in [0, 0.1) is 0 Å². The lowest BCUT2D eigenvalue weighted by molar-refractivity contribution is -0.137. The molecule has 1 aromatic carbocycles. The van der Waals surface area contributed by atoms with E-state index in [0.717, 1.165) is 17.4 Å². The summed E-state index contributed by atoms with van der Waals surface area (Å²) in [6, 6.07) is 10.7. The third kappa shape index (κ3) is 2.96. The lowest BCUT2D eigenvalue weighted by Gasteiger charge is -2.21. The molecule has 1 fully saturated rings. The van der Waals surface area contributed by atoms with E-state index in [2.05, 4.69) is 16.0 Å². The Morgan fingerprint density at radius 2 is 2.10 bits per heavy atom. The van der Waals surface area contributed by atoms with Crippen LogP contribution in [0.15, 0.2) is 36.5 Å². The molecule has 0 amide bonds. The molecule has 1 aromatic heterocycles. The van der Waals surface area contributed by atoms with Gasteiger partial charge in [-0.3, -0.25) is 14.7 Å². The highest BCUT2D eigenvalue weighted by Crippen LogP contribution is 2.29. The van der Waals surface area contributed by atoms with Gasteiger partial charge < -0.3 is 5.11 Å². The summed E-state index contributed by atoms with van der Waals surface area (Å²) in [5.41, 5.74) is 2.23. The molecule has 0 saturated heterocycles. The number of carboxylic acids is 1. The fourth-order valence-corrected chi connectivity index (χ4v) is 2.58. The molecule has 1 aliphatic rings. The summed E-state index contributed by atoms with van der Waals surface area (Å²) in [6.45, 7) is 1.43. The minimum Gasteiger partial charge on any atom is -0.481 e. The van der Waals surface area contributed by atoms with Crippen molar-refractivity contribution in [2.45, 2.75) is 31.8 Å². The van der Waals surface area contributed by atoms with E-state index < -0.39 is 5.97 Å². The van der Waals surface area contributed by atoms with E-state index in [9.17, 15) is 4.79 Å². The summed E-state index contributed by atoms with van der Waals surface area (Å²) in [4.78, 5) is 17.4. The number of nitrogens with zero attached hydrogens (tertiary/aromatic N) is 2. The van der Waals surface area contributed by atoms with Gasteiger partial charge in [0.05, 0.1) is 11.9 Å². The van der Waals surface area contributed by atoms with Crippen LogP contribution in [-0.4, -0.2) is 33.5 Å². The molecule has 1 N–H and O–H groups in total. The zero-order chi connectivity index (χ0) is 13.9. The minimum atomic E-state index is -0.727. The summed E-state index contributed by atoms with van der Waals surface area (Å²) < 4.78 is 0. The van der Waals surface area contributed by atoms with Gasteiger partial charge in [-0.15, -0.1) is 0 Å². The molecular weight excluding hydrogens is 252 g/mol. The fraction of sp³-hybridized carbons (Fsp3) is 0.375. The highest BCUT2D eigenvalue weighted by Gasteiger charge is 2.29. The molecule has 0 radical (unpaired) electrons. The number of aromatic nitrogens is 1. The van der Waals surface area contributed by atoms with E-state index in [4.69, 9.17) is 5.11 Å². The maximum Gasteiger partial charge on any atom is 0.304 e. The van der Waals surface area contributed by atoms with Gasteiger partial charge in [0.1, 0.15) is 0 Å². The molecule has 4 nitrogen and oxygen atoms in total. The molecule has 2 aromatic rings. The number of hydrogen-bond acceptors (Lipinski definition) is 3. The molecular formula is C16H18N2O2. The molecule has 104 valence electrons. The van der Waals surface area contributed by atoms with Crippen molar-refractivity contribution in [2.24, 2.45) is 0 Å². The Balaban J connectivity index is 1.81. The first kappa shape index (κ1) is 13.1. The number of benzene rings is 1. The lowest BCUT2D eigenvalue weighted by Crippen LogP contribution is -2.28. The molecule has 1 heterocycles. The van der Waals surface area contributed by atoms with Crippen molar-refractivity contribution in [3.63, 3.8) is 0 Å². The van der Waals surface area contributed by atoms with Crippen molar-refractivity contribution in [1.29, 1.82) is 0 Å². The number of pyridine rings is 1. The van der Waals surface area contributed by atoms with Crippen molar-refractivity contribution in [3.05, 3.63) is 42.1 Å². The van der Waals surface area contributed by atoms with Crippen LogP contribution in [0.1, 0.15) is 24.8 Å². The van der Waals surface area contributed by atoms with E-state index >= 15 is 0 Å². The van der Waals surface area contributed by atoms with Crippen molar-refractivity contribution in [2.75, 3.05) is 6.54 Å². The Labute approximate surface area is 118 Å². The van der Waals surface area contributed by atoms with Gasteiger partial charge in [-0.1, -0.05) is 18.2 Å². The first-order valence-electron chi connectivity index (χ1n) is 7.02. The molecule has 1 saturated carbocycles. The number of carboxylic acid groups (broad SMARTS) is 1. The summed E-state index contributed by atoms with van der Waals surface area (Å²) in [5, 5.41) is 10.0. The number of carbonyl (C=O) groups is 1. The van der Waals surface area contributed by atoms with Gasteiger partial charge in [-0.2, -0.15) is 0 Å². The molecule has 1 aliphatic carbocycles. The summed E-state index contributed by atoms with van der Waals surface area (Å²) >= 11 is 0. The summed E-state index contributed by atoms with van der Waals surface area (Å²) in [5.74, 6) is -0.727. The summed E-state index contributed by atoms with van der Waals surface area (Å²) in [7, 11) is 0.